The van der Waals surface area contributed by atoms with Gasteiger partial charge in [0.2, 0.25) is 0 Å². The molecule has 0 bridgehead atoms. The Labute approximate surface area is 132 Å². The third-order valence-electron chi connectivity index (χ3n) is 2.53. The summed E-state index contributed by atoms with van der Waals surface area (Å²) in [6.07, 6.45) is 1.95. The second-order valence-corrected chi connectivity index (χ2v) is 7.28. The molecule has 0 aliphatic carbocycles. The van der Waals surface area contributed by atoms with Gasteiger partial charge in [0.25, 0.3) is 10.0 Å². The van der Waals surface area contributed by atoms with Gasteiger partial charge in [-0.1, -0.05) is 23.2 Å². The van der Waals surface area contributed by atoms with Crippen molar-refractivity contribution in [2.45, 2.75) is 9.79 Å². The minimum absolute atomic E-state index is 0.00231. The van der Waals surface area contributed by atoms with Crippen LogP contribution in [-0.4, -0.2) is 14.7 Å². The van der Waals surface area contributed by atoms with Gasteiger partial charge in [0.15, 0.2) is 0 Å². The van der Waals surface area contributed by atoms with Gasteiger partial charge in [-0.15, -0.1) is 11.8 Å². The highest BCUT2D eigenvalue weighted by Crippen LogP contribution is 2.27. The predicted molar refractivity (Wildman–Crippen MR) is 85.5 cm³/mol. The number of anilines is 1. The number of rotatable bonds is 4. The van der Waals surface area contributed by atoms with Crippen LogP contribution in [0.2, 0.25) is 10.0 Å². The molecule has 106 valence electrons. The fraction of sp³-hybridized carbons (Fsp3) is 0.0769. The number of nitrogens with one attached hydrogen (secondary N) is 1. The van der Waals surface area contributed by atoms with E-state index in [1.807, 2.05) is 18.4 Å². The molecule has 0 aliphatic rings. The van der Waals surface area contributed by atoms with Crippen LogP contribution >= 0.6 is 35.0 Å². The number of sulfonamides is 1. The highest BCUT2D eigenvalue weighted by Gasteiger charge is 2.18. The molecule has 3 nitrogen and oxygen atoms in total. The van der Waals surface area contributed by atoms with Crippen molar-refractivity contribution in [1.29, 1.82) is 0 Å². The van der Waals surface area contributed by atoms with E-state index in [4.69, 9.17) is 23.2 Å². The first-order chi connectivity index (χ1) is 9.42. The normalized spacial score (nSPS) is 11.3. The molecule has 2 aromatic rings. The first-order valence-electron chi connectivity index (χ1n) is 5.54. The zero-order chi connectivity index (χ0) is 14.8. The average Bonchev–Trinajstić information content (AvgIpc) is 2.38. The van der Waals surface area contributed by atoms with Crippen LogP contribution in [0.3, 0.4) is 0 Å². The Kier molecular flexibility index (Phi) is 4.86. The molecular formula is C13H11Cl2NO2S2. The van der Waals surface area contributed by atoms with E-state index in [2.05, 4.69) is 4.72 Å². The van der Waals surface area contributed by atoms with E-state index in [1.165, 1.54) is 18.2 Å². The van der Waals surface area contributed by atoms with E-state index in [0.717, 1.165) is 4.90 Å². The Bertz CT molecular complexity index is 716. The molecule has 0 spiro atoms. The maximum absolute atomic E-state index is 12.2. The molecule has 0 fully saturated rings. The van der Waals surface area contributed by atoms with Crippen molar-refractivity contribution in [3.8, 4) is 0 Å². The SMILES string of the molecule is CSc1ccc(NS(=O)(=O)c2ccc(Cl)cc2Cl)cc1. The van der Waals surface area contributed by atoms with Crippen LogP contribution < -0.4 is 4.72 Å². The molecule has 0 saturated heterocycles. The Morgan fingerprint density at radius 3 is 2.25 bits per heavy atom. The standard InChI is InChI=1S/C13H11Cl2NO2S2/c1-19-11-5-3-10(4-6-11)16-20(17,18)13-7-2-9(14)8-12(13)15/h2-8,16H,1H3. The van der Waals surface area contributed by atoms with E-state index < -0.39 is 10.0 Å². The van der Waals surface area contributed by atoms with E-state index in [0.29, 0.717) is 10.7 Å². The van der Waals surface area contributed by atoms with Crippen LogP contribution in [0.5, 0.6) is 0 Å². The van der Waals surface area contributed by atoms with Crippen molar-refractivity contribution < 1.29 is 8.42 Å². The number of thioether (sulfide) groups is 1. The van der Waals surface area contributed by atoms with Crippen LogP contribution in [0, 0.1) is 0 Å². The van der Waals surface area contributed by atoms with Gasteiger partial charge >= 0.3 is 0 Å². The minimum Gasteiger partial charge on any atom is -0.280 e. The van der Waals surface area contributed by atoms with Crippen molar-refractivity contribution in [2.75, 3.05) is 11.0 Å². The Morgan fingerprint density at radius 2 is 1.70 bits per heavy atom. The zero-order valence-corrected chi connectivity index (χ0v) is 13.6. The third kappa shape index (κ3) is 3.61. The highest BCUT2D eigenvalue weighted by molar-refractivity contribution is 7.98. The summed E-state index contributed by atoms with van der Waals surface area (Å²) in [7, 11) is -3.73. The number of halogens is 2. The topological polar surface area (TPSA) is 46.2 Å². The number of benzene rings is 2. The molecule has 7 heteroatoms. The maximum atomic E-state index is 12.2. The lowest BCUT2D eigenvalue weighted by Crippen LogP contribution is -2.13. The molecule has 0 radical (unpaired) electrons. The van der Waals surface area contributed by atoms with Crippen molar-refractivity contribution >= 4 is 50.7 Å². The first kappa shape index (κ1) is 15.5. The van der Waals surface area contributed by atoms with Gasteiger partial charge in [-0.05, 0) is 48.7 Å². The third-order valence-corrected chi connectivity index (χ3v) is 5.37. The molecule has 0 unspecified atom stereocenters. The summed E-state index contributed by atoms with van der Waals surface area (Å²) in [5.41, 5.74) is 0.480. The van der Waals surface area contributed by atoms with E-state index in [9.17, 15) is 8.42 Å². The van der Waals surface area contributed by atoms with Gasteiger partial charge < -0.3 is 0 Å². The number of hydrogen-bond acceptors (Lipinski definition) is 3. The Balaban J connectivity index is 2.30. The molecule has 20 heavy (non-hydrogen) atoms. The summed E-state index contributed by atoms with van der Waals surface area (Å²) in [5, 5.41) is 0.476. The molecular weight excluding hydrogens is 337 g/mol. The lowest BCUT2D eigenvalue weighted by atomic mass is 10.3. The molecule has 0 atom stereocenters. The number of hydrogen-bond donors (Lipinski definition) is 1. The quantitative estimate of drug-likeness (QED) is 0.827. The molecule has 0 aliphatic heterocycles. The monoisotopic (exact) mass is 347 g/mol. The fourth-order valence-corrected chi connectivity index (χ4v) is 3.80. The zero-order valence-electron chi connectivity index (χ0n) is 10.4. The Morgan fingerprint density at radius 1 is 1.05 bits per heavy atom. The predicted octanol–water partition coefficient (Wildman–Crippen LogP) is 4.52. The summed E-state index contributed by atoms with van der Waals surface area (Å²) in [4.78, 5) is 1.05. The summed E-state index contributed by atoms with van der Waals surface area (Å²) in [6.45, 7) is 0. The van der Waals surface area contributed by atoms with Gasteiger partial charge in [0.1, 0.15) is 4.90 Å². The van der Waals surface area contributed by atoms with Crippen LogP contribution in [0.1, 0.15) is 0 Å². The van der Waals surface area contributed by atoms with Gasteiger partial charge in [0.05, 0.1) is 5.02 Å². The van der Waals surface area contributed by atoms with Gasteiger partial charge in [0, 0.05) is 15.6 Å². The van der Waals surface area contributed by atoms with Crippen LogP contribution in [-0.2, 0) is 10.0 Å². The average molecular weight is 348 g/mol. The maximum Gasteiger partial charge on any atom is 0.263 e. The van der Waals surface area contributed by atoms with Gasteiger partial charge in [-0.3, -0.25) is 4.72 Å². The summed E-state index contributed by atoms with van der Waals surface area (Å²) >= 11 is 13.3. The summed E-state index contributed by atoms with van der Waals surface area (Å²) in [5.74, 6) is 0. The molecule has 0 aromatic heterocycles. The highest BCUT2D eigenvalue weighted by atomic mass is 35.5. The molecule has 1 N–H and O–H groups in total. The first-order valence-corrected chi connectivity index (χ1v) is 9.01. The van der Waals surface area contributed by atoms with Gasteiger partial charge in [-0.25, -0.2) is 8.42 Å². The van der Waals surface area contributed by atoms with Crippen molar-refractivity contribution in [3.63, 3.8) is 0 Å². The Hall–Kier alpha value is -0.880. The minimum atomic E-state index is -3.73. The van der Waals surface area contributed by atoms with Crippen LogP contribution in [0.15, 0.2) is 52.3 Å². The molecule has 0 heterocycles. The van der Waals surface area contributed by atoms with Crippen LogP contribution in [0.25, 0.3) is 0 Å². The van der Waals surface area contributed by atoms with E-state index >= 15 is 0 Å². The summed E-state index contributed by atoms with van der Waals surface area (Å²) < 4.78 is 27.0. The smallest absolute Gasteiger partial charge is 0.263 e. The lowest BCUT2D eigenvalue weighted by Gasteiger charge is -2.10. The van der Waals surface area contributed by atoms with Crippen LogP contribution in [0.4, 0.5) is 5.69 Å². The van der Waals surface area contributed by atoms with Crippen molar-refractivity contribution in [1.82, 2.24) is 0 Å². The molecule has 0 amide bonds. The van der Waals surface area contributed by atoms with E-state index in [-0.39, 0.29) is 9.92 Å². The van der Waals surface area contributed by atoms with Crippen molar-refractivity contribution in [2.24, 2.45) is 0 Å². The fourth-order valence-electron chi connectivity index (χ4n) is 1.56. The molecule has 0 saturated carbocycles. The molecule has 2 aromatic carbocycles. The summed E-state index contributed by atoms with van der Waals surface area (Å²) in [6, 6.07) is 11.3. The lowest BCUT2D eigenvalue weighted by molar-refractivity contribution is 0.601. The molecule has 2 rings (SSSR count). The van der Waals surface area contributed by atoms with Crippen molar-refractivity contribution in [3.05, 3.63) is 52.5 Å². The largest absolute Gasteiger partial charge is 0.280 e. The van der Waals surface area contributed by atoms with Gasteiger partial charge in [-0.2, -0.15) is 0 Å². The second kappa shape index (κ2) is 6.26. The van der Waals surface area contributed by atoms with E-state index in [1.54, 1.807) is 23.9 Å². The second-order valence-electron chi connectivity index (χ2n) is 3.91.